The molecule has 0 radical (unpaired) electrons. The zero-order chi connectivity index (χ0) is 13.0. The molecule has 1 aromatic carbocycles. The minimum atomic E-state index is 0.536. The second kappa shape index (κ2) is 6.41. The van der Waals surface area contributed by atoms with Gasteiger partial charge >= 0.3 is 0 Å². The van der Waals surface area contributed by atoms with E-state index in [1.54, 1.807) is 0 Å². The van der Waals surface area contributed by atoms with Crippen molar-refractivity contribution in [3.8, 4) is 0 Å². The van der Waals surface area contributed by atoms with Crippen LogP contribution in [0.5, 0.6) is 0 Å². The molecular weight excluding hydrogens is 248 g/mol. The summed E-state index contributed by atoms with van der Waals surface area (Å²) in [5, 5.41) is 0.817. The SMILES string of the molecule is CN(c1cccc(Cl)c1CCN)C1CCOCC1. The van der Waals surface area contributed by atoms with Gasteiger partial charge in [-0.1, -0.05) is 17.7 Å². The van der Waals surface area contributed by atoms with Crippen molar-refractivity contribution in [1.82, 2.24) is 0 Å². The summed E-state index contributed by atoms with van der Waals surface area (Å²) in [5.41, 5.74) is 8.05. The summed E-state index contributed by atoms with van der Waals surface area (Å²) in [4.78, 5) is 2.33. The molecule has 100 valence electrons. The molecule has 0 aliphatic carbocycles. The van der Waals surface area contributed by atoms with E-state index in [0.29, 0.717) is 12.6 Å². The molecule has 1 aliphatic rings. The Morgan fingerprint density at radius 2 is 2.11 bits per heavy atom. The number of hydrogen-bond acceptors (Lipinski definition) is 3. The van der Waals surface area contributed by atoms with E-state index in [-0.39, 0.29) is 0 Å². The van der Waals surface area contributed by atoms with Crippen LogP contribution in [0.1, 0.15) is 18.4 Å². The highest BCUT2D eigenvalue weighted by atomic mass is 35.5. The maximum Gasteiger partial charge on any atom is 0.0485 e. The lowest BCUT2D eigenvalue weighted by molar-refractivity contribution is 0.0854. The average Bonchev–Trinajstić information content (AvgIpc) is 2.41. The van der Waals surface area contributed by atoms with Crippen LogP contribution in [0.15, 0.2) is 18.2 Å². The Balaban J connectivity index is 2.22. The van der Waals surface area contributed by atoms with E-state index in [0.717, 1.165) is 43.1 Å². The Hall–Kier alpha value is -0.770. The van der Waals surface area contributed by atoms with Crippen LogP contribution in [-0.2, 0) is 11.2 Å². The highest BCUT2D eigenvalue weighted by Crippen LogP contribution is 2.30. The molecule has 0 bridgehead atoms. The molecule has 18 heavy (non-hydrogen) atoms. The summed E-state index contributed by atoms with van der Waals surface area (Å²) < 4.78 is 5.41. The van der Waals surface area contributed by atoms with E-state index < -0.39 is 0 Å². The number of benzene rings is 1. The maximum atomic E-state index is 6.28. The molecule has 1 aromatic rings. The summed E-state index contributed by atoms with van der Waals surface area (Å²) in [5.74, 6) is 0. The minimum Gasteiger partial charge on any atom is -0.381 e. The summed E-state index contributed by atoms with van der Waals surface area (Å²) in [6.07, 6.45) is 2.97. The van der Waals surface area contributed by atoms with Gasteiger partial charge in [0, 0.05) is 37.0 Å². The van der Waals surface area contributed by atoms with Crippen molar-refractivity contribution in [3.05, 3.63) is 28.8 Å². The predicted octanol–water partition coefficient (Wildman–Crippen LogP) is 2.46. The number of halogens is 1. The van der Waals surface area contributed by atoms with Crippen LogP contribution in [0.3, 0.4) is 0 Å². The van der Waals surface area contributed by atoms with E-state index >= 15 is 0 Å². The standard InChI is InChI=1S/C14H21ClN2O/c1-17(11-6-9-18-10-7-11)14-4-2-3-13(15)12(14)5-8-16/h2-4,11H,5-10,16H2,1H3. The molecule has 0 aromatic heterocycles. The molecule has 0 atom stereocenters. The molecule has 0 saturated carbocycles. The van der Waals surface area contributed by atoms with Crippen molar-refractivity contribution < 1.29 is 4.74 Å². The van der Waals surface area contributed by atoms with Gasteiger partial charge in [-0.15, -0.1) is 0 Å². The first-order valence-corrected chi connectivity index (χ1v) is 6.90. The zero-order valence-electron chi connectivity index (χ0n) is 10.9. The average molecular weight is 269 g/mol. The van der Waals surface area contributed by atoms with Gasteiger partial charge in [0.25, 0.3) is 0 Å². The Morgan fingerprint density at radius 1 is 1.39 bits per heavy atom. The van der Waals surface area contributed by atoms with Gasteiger partial charge in [0.1, 0.15) is 0 Å². The molecule has 1 fully saturated rings. The molecule has 0 spiro atoms. The van der Waals surface area contributed by atoms with Gasteiger partial charge in [-0.2, -0.15) is 0 Å². The van der Waals surface area contributed by atoms with Crippen LogP contribution in [0, 0.1) is 0 Å². The van der Waals surface area contributed by atoms with Gasteiger partial charge in [-0.05, 0) is 43.5 Å². The fraction of sp³-hybridized carbons (Fsp3) is 0.571. The molecule has 0 amide bonds. The van der Waals surface area contributed by atoms with Gasteiger partial charge in [0.15, 0.2) is 0 Å². The first kappa shape index (κ1) is 13.7. The fourth-order valence-electron chi connectivity index (χ4n) is 2.54. The van der Waals surface area contributed by atoms with Crippen molar-refractivity contribution in [1.29, 1.82) is 0 Å². The Bertz CT molecular complexity index is 391. The number of rotatable bonds is 4. The van der Waals surface area contributed by atoms with Gasteiger partial charge in [-0.25, -0.2) is 0 Å². The second-order valence-electron chi connectivity index (χ2n) is 4.73. The maximum absolute atomic E-state index is 6.28. The normalized spacial score (nSPS) is 16.8. The first-order valence-electron chi connectivity index (χ1n) is 6.52. The van der Waals surface area contributed by atoms with E-state index in [4.69, 9.17) is 22.1 Å². The molecular formula is C14H21ClN2O. The smallest absolute Gasteiger partial charge is 0.0485 e. The van der Waals surface area contributed by atoms with Crippen LogP contribution < -0.4 is 10.6 Å². The molecule has 2 N–H and O–H groups in total. The van der Waals surface area contributed by atoms with E-state index in [1.165, 1.54) is 5.69 Å². The van der Waals surface area contributed by atoms with Crippen LogP contribution in [0.25, 0.3) is 0 Å². The van der Waals surface area contributed by atoms with Crippen LogP contribution in [-0.4, -0.2) is 32.8 Å². The fourth-order valence-corrected chi connectivity index (χ4v) is 2.80. The van der Waals surface area contributed by atoms with Crippen LogP contribution >= 0.6 is 11.6 Å². The second-order valence-corrected chi connectivity index (χ2v) is 5.14. The molecule has 1 saturated heterocycles. The van der Waals surface area contributed by atoms with Gasteiger partial charge < -0.3 is 15.4 Å². The number of nitrogens with two attached hydrogens (primary N) is 1. The summed E-state index contributed by atoms with van der Waals surface area (Å²) >= 11 is 6.28. The monoisotopic (exact) mass is 268 g/mol. The summed E-state index contributed by atoms with van der Waals surface area (Å²) in [7, 11) is 2.14. The van der Waals surface area contributed by atoms with Crippen molar-refractivity contribution in [3.63, 3.8) is 0 Å². The van der Waals surface area contributed by atoms with Gasteiger partial charge in [0.05, 0.1) is 0 Å². The Labute approximate surface area is 114 Å². The number of anilines is 1. The lowest BCUT2D eigenvalue weighted by atomic mass is 10.0. The number of ether oxygens (including phenoxy) is 1. The number of hydrogen-bond donors (Lipinski definition) is 1. The van der Waals surface area contributed by atoms with Crippen molar-refractivity contribution in [2.24, 2.45) is 5.73 Å². The van der Waals surface area contributed by atoms with E-state index in [2.05, 4.69) is 18.0 Å². The highest BCUT2D eigenvalue weighted by molar-refractivity contribution is 6.31. The molecule has 2 rings (SSSR count). The molecule has 1 heterocycles. The van der Waals surface area contributed by atoms with Crippen molar-refractivity contribution in [2.75, 3.05) is 31.7 Å². The van der Waals surface area contributed by atoms with Gasteiger partial charge in [0.2, 0.25) is 0 Å². The lowest BCUT2D eigenvalue weighted by Gasteiger charge is -2.34. The Kier molecular flexibility index (Phi) is 4.87. The third-order valence-corrected chi connectivity index (χ3v) is 3.96. The first-order chi connectivity index (χ1) is 8.74. The number of nitrogens with zero attached hydrogens (tertiary/aromatic N) is 1. The topological polar surface area (TPSA) is 38.5 Å². The summed E-state index contributed by atoms with van der Waals surface area (Å²) in [6.45, 7) is 2.32. The third kappa shape index (κ3) is 2.97. The molecule has 4 heteroatoms. The van der Waals surface area contributed by atoms with Gasteiger partial charge in [-0.3, -0.25) is 0 Å². The highest BCUT2D eigenvalue weighted by Gasteiger charge is 2.21. The quantitative estimate of drug-likeness (QED) is 0.912. The lowest BCUT2D eigenvalue weighted by Crippen LogP contribution is -2.37. The van der Waals surface area contributed by atoms with E-state index in [9.17, 15) is 0 Å². The predicted molar refractivity (Wildman–Crippen MR) is 76.5 cm³/mol. The van der Waals surface area contributed by atoms with Crippen molar-refractivity contribution in [2.45, 2.75) is 25.3 Å². The van der Waals surface area contributed by atoms with Crippen LogP contribution in [0.2, 0.25) is 5.02 Å². The zero-order valence-corrected chi connectivity index (χ0v) is 11.6. The third-order valence-electron chi connectivity index (χ3n) is 3.61. The largest absolute Gasteiger partial charge is 0.381 e. The molecule has 3 nitrogen and oxygen atoms in total. The Morgan fingerprint density at radius 3 is 2.78 bits per heavy atom. The molecule has 0 unspecified atom stereocenters. The molecule has 1 aliphatic heterocycles. The van der Waals surface area contributed by atoms with Crippen LogP contribution in [0.4, 0.5) is 5.69 Å². The van der Waals surface area contributed by atoms with Crippen molar-refractivity contribution >= 4 is 17.3 Å². The van der Waals surface area contributed by atoms with E-state index in [1.807, 2.05) is 12.1 Å². The minimum absolute atomic E-state index is 0.536. The summed E-state index contributed by atoms with van der Waals surface area (Å²) in [6, 6.07) is 6.61.